The van der Waals surface area contributed by atoms with Gasteiger partial charge in [-0.25, -0.2) is 13.2 Å². The number of alkyl halides is 1. The molecule has 1 fully saturated rings. The van der Waals surface area contributed by atoms with Crippen LogP contribution in [0.15, 0.2) is 12.1 Å². The third-order valence-corrected chi connectivity index (χ3v) is 4.15. The van der Waals surface area contributed by atoms with Crippen LogP contribution in [0.4, 0.5) is 13.2 Å². The van der Waals surface area contributed by atoms with Gasteiger partial charge < -0.3 is 5.32 Å². The molecule has 0 heterocycles. The average molecular weight is 306 g/mol. The Kier molecular flexibility index (Phi) is 4.91. The summed E-state index contributed by atoms with van der Waals surface area (Å²) in [5.41, 5.74) is -0.756. The lowest BCUT2D eigenvalue weighted by Crippen LogP contribution is -2.35. The summed E-state index contributed by atoms with van der Waals surface area (Å²) in [5, 5.41) is 2.44. The van der Waals surface area contributed by atoms with Gasteiger partial charge in [-0.05, 0) is 18.8 Å². The van der Waals surface area contributed by atoms with Gasteiger partial charge in [-0.1, -0.05) is 12.8 Å². The zero-order chi connectivity index (χ0) is 14.7. The van der Waals surface area contributed by atoms with Crippen molar-refractivity contribution in [3.05, 3.63) is 35.1 Å². The molecule has 1 aliphatic carbocycles. The number of rotatable bonds is 3. The van der Waals surface area contributed by atoms with Gasteiger partial charge in [0.1, 0.15) is 23.0 Å². The molecule has 0 aliphatic heterocycles. The van der Waals surface area contributed by atoms with E-state index in [-0.39, 0.29) is 17.8 Å². The Balaban J connectivity index is 2.02. The van der Waals surface area contributed by atoms with Crippen molar-refractivity contribution < 1.29 is 18.0 Å². The van der Waals surface area contributed by atoms with E-state index >= 15 is 0 Å². The highest BCUT2D eigenvalue weighted by Gasteiger charge is 2.25. The summed E-state index contributed by atoms with van der Waals surface area (Å²) >= 11 is 6.15. The largest absolute Gasteiger partial charge is 0.352 e. The SMILES string of the molecule is O=C(NCC1CCCCC1Cl)c1c(F)cc(F)cc1F. The zero-order valence-electron chi connectivity index (χ0n) is 10.8. The van der Waals surface area contributed by atoms with E-state index < -0.39 is 28.9 Å². The first-order valence-electron chi connectivity index (χ1n) is 6.56. The minimum atomic E-state index is -1.20. The maximum atomic E-state index is 13.4. The van der Waals surface area contributed by atoms with E-state index in [2.05, 4.69) is 5.32 Å². The van der Waals surface area contributed by atoms with Crippen LogP contribution in [0, 0.1) is 23.4 Å². The molecule has 2 unspecified atom stereocenters. The Hall–Kier alpha value is -1.23. The Morgan fingerprint density at radius 3 is 2.40 bits per heavy atom. The molecule has 1 aromatic carbocycles. The van der Waals surface area contributed by atoms with Crippen LogP contribution in [0.2, 0.25) is 0 Å². The van der Waals surface area contributed by atoms with Gasteiger partial charge in [-0.2, -0.15) is 0 Å². The lowest BCUT2D eigenvalue weighted by molar-refractivity contribution is 0.0935. The number of hydrogen-bond acceptors (Lipinski definition) is 1. The molecule has 0 spiro atoms. The summed E-state index contributed by atoms with van der Waals surface area (Å²) in [6, 6.07) is 0.978. The third kappa shape index (κ3) is 3.45. The van der Waals surface area contributed by atoms with Crippen LogP contribution in [-0.4, -0.2) is 17.8 Å². The second kappa shape index (κ2) is 6.48. The minimum absolute atomic E-state index is 0.0352. The maximum Gasteiger partial charge on any atom is 0.257 e. The van der Waals surface area contributed by atoms with Crippen LogP contribution in [0.25, 0.3) is 0 Å². The summed E-state index contributed by atoms with van der Waals surface area (Å²) < 4.78 is 39.6. The second-order valence-electron chi connectivity index (χ2n) is 5.01. The fraction of sp³-hybridized carbons (Fsp3) is 0.500. The summed E-state index contributed by atoms with van der Waals surface area (Å²) in [6.07, 6.45) is 3.84. The molecule has 0 bridgehead atoms. The average Bonchev–Trinajstić information content (AvgIpc) is 2.36. The number of hydrogen-bond donors (Lipinski definition) is 1. The lowest BCUT2D eigenvalue weighted by atomic mass is 9.88. The molecule has 2 nitrogen and oxygen atoms in total. The molecule has 0 radical (unpaired) electrons. The molecule has 6 heteroatoms. The molecule has 1 saturated carbocycles. The van der Waals surface area contributed by atoms with Crippen molar-refractivity contribution in [2.75, 3.05) is 6.54 Å². The Morgan fingerprint density at radius 2 is 1.80 bits per heavy atom. The molecular weight excluding hydrogens is 291 g/mol. The minimum Gasteiger partial charge on any atom is -0.352 e. The molecule has 0 saturated heterocycles. The van der Waals surface area contributed by atoms with Crippen molar-refractivity contribution in [2.24, 2.45) is 5.92 Å². The molecule has 0 aromatic heterocycles. The number of nitrogens with one attached hydrogen (secondary N) is 1. The van der Waals surface area contributed by atoms with Crippen molar-refractivity contribution in [1.82, 2.24) is 5.32 Å². The number of carbonyl (C=O) groups is 1. The summed E-state index contributed by atoms with van der Waals surface area (Å²) in [6.45, 7) is 0.267. The Bertz CT molecular complexity index is 486. The quantitative estimate of drug-likeness (QED) is 0.849. The third-order valence-electron chi connectivity index (χ3n) is 3.58. The first-order valence-corrected chi connectivity index (χ1v) is 6.99. The van der Waals surface area contributed by atoms with E-state index in [0.717, 1.165) is 25.7 Å². The fourth-order valence-electron chi connectivity index (χ4n) is 2.46. The molecule has 20 heavy (non-hydrogen) atoms. The molecule has 2 atom stereocenters. The number of carbonyl (C=O) groups excluding carboxylic acids is 1. The molecule has 1 aromatic rings. The highest BCUT2D eigenvalue weighted by Crippen LogP contribution is 2.28. The van der Waals surface area contributed by atoms with Crippen molar-refractivity contribution in [2.45, 2.75) is 31.1 Å². The van der Waals surface area contributed by atoms with Gasteiger partial charge in [0, 0.05) is 24.1 Å². The highest BCUT2D eigenvalue weighted by molar-refractivity contribution is 6.20. The standard InChI is InChI=1S/C14H15ClF3NO/c15-10-4-2-1-3-8(10)7-19-14(20)13-11(17)5-9(16)6-12(13)18/h5-6,8,10H,1-4,7H2,(H,19,20). The molecule has 1 N–H and O–H groups in total. The van der Waals surface area contributed by atoms with E-state index in [0.29, 0.717) is 12.1 Å². The van der Waals surface area contributed by atoms with Crippen LogP contribution in [-0.2, 0) is 0 Å². The zero-order valence-corrected chi connectivity index (χ0v) is 11.5. The number of benzene rings is 1. The maximum absolute atomic E-state index is 13.4. The number of halogens is 4. The van der Waals surface area contributed by atoms with E-state index in [1.54, 1.807) is 0 Å². The summed E-state index contributed by atoms with van der Waals surface area (Å²) in [5.74, 6) is -4.24. The molecule has 2 rings (SSSR count). The predicted octanol–water partition coefficient (Wildman–Crippen LogP) is 3.63. The van der Waals surface area contributed by atoms with Gasteiger partial charge in [0.05, 0.1) is 0 Å². The van der Waals surface area contributed by atoms with E-state index in [1.165, 1.54) is 0 Å². The van der Waals surface area contributed by atoms with Crippen LogP contribution in [0.3, 0.4) is 0 Å². The van der Waals surface area contributed by atoms with Crippen molar-refractivity contribution in [3.63, 3.8) is 0 Å². The van der Waals surface area contributed by atoms with E-state index in [1.807, 2.05) is 0 Å². The molecule has 1 aliphatic rings. The van der Waals surface area contributed by atoms with Crippen molar-refractivity contribution >= 4 is 17.5 Å². The van der Waals surface area contributed by atoms with Crippen LogP contribution < -0.4 is 5.32 Å². The van der Waals surface area contributed by atoms with Crippen LogP contribution in [0.5, 0.6) is 0 Å². The fourth-order valence-corrected chi connectivity index (χ4v) is 2.83. The van der Waals surface area contributed by atoms with E-state index in [9.17, 15) is 18.0 Å². The van der Waals surface area contributed by atoms with Gasteiger partial charge in [0.25, 0.3) is 5.91 Å². The van der Waals surface area contributed by atoms with Crippen molar-refractivity contribution in [3.8, 4) is 0 Å². The number of amides is 1. The topological polar surface area (TPSA) is 29.1 Å². The van der Waals surface area contributed by atoms with Gasteiger partial charge >= 0.3 is 0 Å². The first-order chi connectivity index (χ1) is 9.49. The second-order valence-corrected chi connectivity index (χ2v) is 5.58. The Labute approximate surface area is 120 Å². The van der Waals surface area contributed by atoms with Crippen LogP contribution >= 0.6 is 11.6 Å². The predicted molar refractivity (Wildman–Crippen MR) is 70.2 cm³/mol. The summed E-state index contributed by atoms with van der Waals surface area (Å²) in [4.78, 5) is 11.8. The van der Waals surface area contributed by atoms with E-state index in [4.69, 9.17) is 11.6 Å². The molecular formula is C14H15ClF3NO. The van der Waals surface area contributed by atoms with Gasteiger partial charge in [0.2, 0.25) is 0 Å². The van der Waals surface area contributed by atoms with Gasteiger partial charge in [-0.15, -0.1) is 11.6 Å². The van der Waals surface area contributed by atoms with Crippen LogP contribution in [0.1, 0.15) is 36.0 Å². The first kappa shape index (κ1) is 15.2. The molecule has 1 amide bonds. The smallest absolute Gasteiger partial charge is 0.257 e. The lowest BCUT2D eigenvalue weighted by Gasteiger charge is -2.27. The normalized spacial score (nSPS) is 22.6. The highest BCUT2D eigenvalue weighted by atomic mass is 35.5. The monoisotopic (exact) mass is 305 g/mol. The Morgan fingerprint density at radius 1 is 1.20 bits per heavy atom. The van der Waals surface area contributed by atoms with Crippen molar-refractivity contribution in [1.29, 1.82) is 0 Å². The van der Waals surface area contributed by atoms with Gasteiger partial charge in [-0.3, -0.25) is 4.79 Å². The van der Waals surface area contributed by atoms with Gasteiger partial charge in [0.15, 0.2) is 0 Å². The molecule has 110 valence electrons. The summed E-state index contributed by atoms with van der Waals surface area (Å²) in [7, 11) is 0.